The summed E-state index contributed by atoms with van der Waals surface area (Å²) < 4.78 is 7.08. The molecule has 2 bridgehead atoms. The van der Waals surface area contributed by atoms with Crippen LogP contribution in [0, 0.1) is 12.8 Å². The molecule has 6 nitrogen and oxygen atoms in total. The van der Waals surface area contributed by atoms with Crippen molar-refractivity contribution in [2.45, 2.75) is 37.8 Å². The Kier molecular flexibility index (Phi) is 4.19. The molecule has 0 spiro atoms. The summed E-state index contributed by atoms with van der Waals surface area (Å²) in [6.07, 6.45) is 4.27. The average Bonchev–Trinajstić information content (AvgIpc) is 3.30. The molecule has 1 aromatic carbocycles. The molecule has 148 valence electrons. The van der Waals surface area contributed by atoms with Gasteiger partial charge in [-0.05, 0) is 56.5 Å². The summed E-state index contributed by atoms with van der Waals surface area (Å²) in [7, 11) is 3.58. The van der Waals surface area contributed by atoms with Crippen molar-refractivity contribution in [2.24, 2.45) is 13.0 Å². The van der Waals surface area contributed by atoms with Gasteiger partial charge in [-0.3, -0.25) is 14.4 Å². The van der Waals surface area contributed by atoms with E-state index >= 15 is 0 Å². The largest absolute Gasteiger partial charge is 0.497 e. The molecule has 28 heavy (non-hydrogen) atoms. The number of ether oxygens (including phenoxy) is 1. The van der Waals surface area contributed by atoms with Crippen LogP contribution in [0.2, 0.25) is 0 Å². The number of nitrogens with zero attached hydrogens (tertiary/aromatic N) is 4. The standard InChI is InChI=1S/C22H28N4O2/c1-14-18(12-24(2)23-14)22(27)26-13-19(15-4-6-17(28-3)7-5-15)21-20(26)16-8-10-25(21)11-9-16/h4-7,12,16,19-21H,8-11,13H2,1-3H3/t19-,20+,21+/m0/s1. The van der Waals surface area contributed by atoms with Crippen LogP contribution in [0.4, 0.5) is 0 Å². The molecule has 3 atom stereocenters. The molecule has 4 aliphatic heterocycles. The van der Waals surface area contributed by atoms with Crippen molar-refractivity contribution in [2.75, 3.05) is 26.7 Å². The third-order valence-electron chi connectivity index (χ3n) is 7.04. The lowest BCUT2D eigenvalue weighted by atomic mass is 9.75. The number of amides is 1. The number of benzene rings is 1. The fourth-order valence-electron chi connectivity index (χ4n) is 5.76. The average molecular weight is 380 g/mol. The molecule has 4 saturated heterocycles. The number of aryl methyl sites for hydroxylation is 2. The van der Waals surface area contributed by atoms with Crippen LogP contribution in [0.1, 0.15) is 40.4 Å². The lowest BCUT2D eigenvalue weighted by Crippen LogP contribution is -2.60. The Morgan fingerprint density at radius 1 is 1.14 bits per heavy atom. The smallest absolute Gasteiger partial charge is 0.257 e. The Morgan fingerprint density at radius 3 is 2.46 bits per heavy atom. The molecule has 4 aliphatic rings. The second-order valence-corrected chi connectivity index (χ2v) is 8.49. The van der Waals surface area contributed by atoms with Crippen LogP contribution < -0.4 is 4.74 Å². The van der Waals surface area contributed by atoms with Crippen molar-refractivity contribution in [1.82, 2.24) is 19.6 Å². The van der Waals surface area contributed by atoms with Crippen molar-refractivity contribution in [3.8, 4) is 5.75 Å². The molecular weight excluding hydrogens is 352 g/mol. The summed E-state index contributed by atoms with van der Waals surface area (Å²) >= 11 is 0. The highest BCUT2D eigenvalue weighted by Crippen LogP contribution is 2.47. The van der Waals surface area contributed by atoms with E-state index in [1.165, 1.54) is 18.4 Å². The van der Waals surface area contributed by atoms with Gasteiger partial charge in [-0.2, -0.15) is 5.10 Å². The van der Waals surface area contributed by atoms with E-state index < -0.39 is 0 Å². The van der Waals surface area contributed by atoms with Crippen LogP contribution in [0.25, 0.3) is 0 Å². The number of likely N-dealkylation sites (tertiary alicyclic amines) is 1. The van der Waals surface area contributed by atoms with Crippen LogP contribution in [0.15, 0.2) is 30.5 Å². The highest BCUT2D eigenvalue weighted by Gasteiger charge is 2.54. The maximum atomic E-state index is 13.5. The number of rotatable bonds is 3. The van der Waals surface area contributed by atoms with E-state index in [4.69, 9.17) is 4.74 Å². The SMILES string of the molecule is COc1ccc([C@@H]2CN(C(=O)c3cn(C)nc3C)[C@@H]3C4CCN(CC4)[C@@H]32)cc1. The van der Waals surface area contributed by atoms with Gasteiger partial charge in [-0.1, -0.05) is 12.1 Å². The molecule has 6 rings (SSSR count). The predicted molar refractivity (Wildman–Crippen MR) is 107 cm³/mol. The number of methoxy groups -OCH3 is 1. The van der Waals surface area contributed by atoms with E-state index in [1.807, 2.05) is 32.3 Å². The maximum absolute atomic E-state index is 13.5. The zero-order valence-electron chi connectivity index (χ0n) is 16.8. The minimum Gasteiger partial charge on any atom is -0.497 e. The quantitative estimate of drug-likeness (QED) is 0.821. The van der Waals surface area contributed by atoms with Gasteiger partial charge < -0.3 is 9.64 Å². The zero-order valence-corrected chi connectivity index (χ0v) is 16.8. The first-order chi connectivity index (χ1) is 13.6. The number of aromatic nitrogens is 2. The summed E-state index contributed by atoms with van der Waals surface area (Å²) in [4.78, 5) is 18.3. The minimum absolute atomic E-state index is 0.144. The van der Waals surface area contributed by atoms with E-state index in [0.29, 0.717) is 23.9 Å². The molecule has 0 saturated carbocycles. The summed E-state index contributed by atoms with van der Waals surface area (Å²) in [6.45, 7) is 5.03. The third-order valence-corrected chi connectivity index (χ3v) is 7.04. The minimum atomic E-state index is 0.144. The van der Waals surface area contributed by atoms with Gasteiger partial charge in [-0.25, -0.2) is 0 Å². The molecule has 0 aliphatic carbocycles. The number of hydrogen-bond donors (Lipinski definition) is 0. The summed E-state index contributed by atoms with van der Waals surface area (Å²) in [5, 5.41) is 4.40. The number of carbonyl (C=O) groups is 1. The maximum Gasteiger partial charge on any atom is 0.257 e. The molecule has 5 heterocycles. The Morgan fingerprint density at radius 2 is 1.86 bits per heavy atom. The summed E-state index contributed by atoms with van der Waals surface area (Å²) in [6, 6.07) is 9.15. The number of carbonyl (C=O) groups excluding carboxylic acids is 1. The Labute approximate surface area is 166 Å². The van der Waals surface area contributed by atoms with Gasteiger partial charge in [-0.15, -0.1) is 0 Å². The molecule has 4 fully saturated rings. The molecule has 0 radical (unpaired) electrons. The van der Waals surface area contributed by atoms with Gasteiger partial charge in [0, 0.05) is 31.7 Å². The van der Waals surface area contributed by atoms with Crippen LogP contribution >= 0.6 is 0 Å². The number of fused-ring (bicyclic) bond motifs is 2. The topological polar surface area (TPSA) is 50.6 Å². The van der Waals surface area contributed by atoms with Crippen molar-refractivity contribution in [3.63, 3.8) is 0 Å². The lowest BCUT2D eigenvalue weighted by Gasteiger charge is -2.51. The fourth-order valence-corrected chi connectivity index (χ4v) is 5.76. The van der Waals surface area contributed by atoms with Crippen molar-refractivity contribution < 1.29 is 9.53 Å². The van der Waals surface area contributed by atoms with Crippen LogP contribution in [0.5, 0.6) is 5.75 Å². The van der Waals surface area contributed by atoms with E-state index in [1.54, 1.807) is 11.8 Å². The van der Waals surface area contributed by atoms with Crippen molar-refractivity contribution in [3.05, 3.63) is 47.3 Å². The van der Waals surface area contributed by atoms with E-state index in [2.05, 4.69) is 27.0 Å². The van der Waals surface area contributed by atoms with Crippen molar-refractivity contribution >= 4 is 5.91 Å². The zero-order chi connectivity index (χ0) is 19.4. The normalized spacial score (nSPS) is 31.1. The second kappa shape index (κ2) is 6.62. The van der Waals surface area contributed by atoms with Crippen molar-refractivity contribution in [1.29, 1.82) is 0 Å². The molecule has 1 aromatic heterocycles. The van der Waals surface area contributed by atoms with Crippen LogP contribution in [-0.2, 0) is 7.05 Å². The summed E-state index contributed by atoms with van der Waals surface area (Å²) in [5.74, 6) is 1.98. The molecule has 6 heteroatoms. The molecule has 1 amide bonds. The van der Waals surface area contributed by atoms with E-state index in [0.717, 1.165) is 36.6 Å². The monoisotopic (exact) mass is 380 g/mol. The first kappa shape index (κ1) is 17.7. The highest BCUT2D eigenvalue weighted by atomic mass is 16.5. The van der Waals surface area contributed by atoms with Gasteiger partial charge in [0.2, 0.25) is 0 Å². The molecule has 0 N–H and O–H groups in total. The van der Waals surface area contributed by atoms with Gasteiger partial charge in [0.15, 0.2) is 0 Å². The first-order valence-corrected chi connectivity index (χ1v) is 10.3. The van der Waals surface area contributed by atoms with Crippen LogP contribution in [0.3, 0.4) is 0 Å². The first-order valence-electron chi connectivity index (χ1n) is 10.3. The molecule has 0 unspecified atom stereocenters. The second-order valence-electron chi connectivity index (χ2n) is 8.49. The third kappa shape index (κ3) is 2.65. The molecular formula is C22H28N4O2. The van der Waals surface area contributed by atoms with E-state index in [9.17, 15) is 4.79 Å². The predicted octanol–water partition coefficient (Wildman–Crippen LogP) is 2.44. The fraction of sp³-hybridized carbons (Fsp3) is 0.545. The van der Waals surface area contributed by atoms with Gasteiger partial charge >= 0.3 is 0 Å². The van der Waals surface area contributed by atoms with Gasteiger partial charge in [0.25, 0.3) is 5.91 Å². The van der Waals surface area contributed by atoms with Crippen LogP contribution in [-0.4, -0.2) is 64.3 Å². The lowest BCUT2D eigenvalue weighted by molar-refractivity contribution is -0.00343. The Balaban J connectivity index is 1.51. The van der Waals surface area contributed by atoms with Gasteiger partial charge in [0.1, 0.15) is 5.75 Å². The summed E-state index contributed by atoms with van der Waals surface area (Å²) in [5.41, 5.74) is 2.87. The van der Waals surface area contributed by atoms with E-state index in [-0.39, 0.29) is 5.91 Å². The number of hydrogen-bond acceptors (Lipinski definition) is 4. The van der Waals surface area contributed by atoms with Gasteiger partial charge in [0.05, 0.1) is 24.4 Å². The Hall–Kier alpha value is -2.34. The Bertz CT molecular complexity index is 882. The highest BCUT2D eigenvalue weighted by molar-refractivity contribution is 5.95. The molecule has 2 aromatic rings. The number of piperidine rings is 3.